The molecule has 0 heterocycles. The normalized spacial score (nSPS) is 15.4. The number of carboxylic acids is 1. The van der Waals surface area contributed by atoms with Crippen LogP contribution in [0.3, 0.4) is 0 Å². The Morgan fingerprint density at radius 3 is 2.11 bits per heavy atom. The Balaban J connectivity index is 0. The SMILES string of the molecule is C[C@@H](O)[C@H](N)C(=O)[O-].[Cs+]. The van der Waals surface area contributed by atoms with Crippen molar-refractivity contribution in [3.05, 3.63) is 0 Å². The van der Waals surface area contributed by atoms with Crippen LogP contribution in [0.4, 0.5) is 0 Å². The summed E-state index contributed by atoms with van der Waals surface area (Å²) in [6, 6.07) is -1.27. The number of aliphatic carboxylic acids is 1. The van der Waals surface area contributed by atoms with Crippen LogP contribution in [0, 0.1) is 0 Å². The largest absolute Gasteiger partial charge is 1.00 e. The van der Waals surface area contributed by atoms with E-state index in [1.54, 1.807) is 0 Å². The van der Waals surface area contributed by atoms with E-state index in [0.29, 0.717) is 0 Å². The third kappa shape index (κ3) is 5.87. The van der Waals surface area contributed by atoms with E-state index in [0.717, 1.165) is 0 Å². The summed E-state index contributed by atoms with van der Waals surface area (Å²) in [5, 5.41) is 18.2. The Bertz CT molecular complexity index is 95.8. The molecule has 3 N–H and O–H groups in total. The van der Waals surface area contributed by atoms with Gasteiger partial charge in [-0.25, -0.2) is 0 Å². The Hall–Kier alpha value is 1.44. The second-order valence-electron chi connectivity index (χ2n) is 1.59. The van der Waals surface area contributed by atoms with E-state index in [9.17, 15) is 9.90 Å². The second kappa shape index (κ2) is 6.17. The van der Waals surface area contributed by atoms with Gasteiger partial charge in [0.05, 0.1) is 18.1 Å². The third-order valence-corrected chi connectivity index (χ3v) is 0.792. The first-order valence-corrected chi connectivity index (χ1v) is 2.20. The van der Waals surface area contributed by atoms with Crippen molar-refractivity contribution < 1.29 is 83.9 Å². The molecule has 0 aromatic heterocycles. The monoisotopic (exact) mass is 251 g/mol. The van der Waals surface area contributed by atoms with Gasteiger partial charge in [-0.1, -0.05) is 0 Å². The van der Waals surface area contributed by atoms with Crippen LogP contribution < -0.4 is 79.7 Å². The fourth-order valence-corrected chi connectivity index (χ4v) is 0.197. The molecule has 0 aliphatic carbocycles. The van der Waals surface area contributed by atoms with Crippen molar-refractivity contribution in [2.24, 2.45) is 5.73 Å². The summed E-state index contributed by atoms with van der Waals surface area (Å²) in [5.74, 6) is -1.43. The Kier molecular flexibility index (Phi) is 8.96. The maximum Gasteiger partial charge on any atom is 1.00 e. The number of carboxylic acid groups (broad SMARTS) is 1. The van der Waals surface area contributed by atoms with Gasteiger partial charge in [-0.2, -0.15) is 0 Å². The molecule has 0 aromatic rings. The number of hydrogen-bond donors (Lipinski definition) is 2. The molecule has 9 heavy (non-hydrogen) atoms. The molecule has 0 bridgehead atoms. The molecular formula is C4H8CsNO3. The van der Waals surface area contributed by atoms with E-state index in [-0.39, 0.29) is 68.9 Å². The summed E-state index contributed by atoms with van der Waals surface area (Å²) in [5.41, 5.74) is 4.85. The fraction of sp³-hybridized carbons (Fsp3) is 0.750. The number of carbonyl (C=O) groups excluding carboxylic acids is 1. The predicted octanol–water partition coefficient (Wildman–Crippen LogP) is -5.55. The molecule has 2 atom stereocenters. The van der Waals surface area contributed by atoms with Crippen molar-refractivity contribution in [2.45, 2.75) is 19.1 Å². The van der Waals surface area contributed by atoms with Gasteiger partial charge < -0.3 is 20.7 Å². The Morgan fingerprint density at radius 2 is 2.11 bits per heavy atom. The van der Waals surface area contributed by atoms with Crippen molar-refractivity contribution in [2.75, 3.05) is 0 Å². The molecule has 0 aliphatic rings. The van der Waals surface area contributed by atoms with Crippen molar-refractivity contribution >= 4 is 5.97 Å². The minimum atomic E-state index is -1.43. The average Bonchev–Trinajstić information content (AvgIpc) is 1.64. The van der Waals surface area contributed by atoms with Crippen LogP contribution in [0.2, 0.25) is 0 Å². The molecule has 5 heteroatoms. The zero-order valence-electron chi connectivity index (χ0n) is 5.50. The van der Waals surface area contributed by atoms with Gasteiger partial charge in [0.1, 0.15) is 0 Å². The van der Waals surface area contributed by atoms with E-state index >= 15 is 0 Å². The molecule has 0 aliphatic heterocycles. The van der Waals surface area contributed by atoms with Crippen LogP contribution in [0.15, 0.2) is 0 Å². The molecular weight excluding hydrogens is 243 g/mol. The molecule has 0 rings (SSSR count). The quantitative estimate of drug-likeness (QED) is 0.512. The summed E-state index contributed by atoms with van der Waals surface area (Å²) < 4.78 is 0. The number of aliphatic hydroxyl groups excluding tert-OH is 1. The molecule has 0 aromatic carbocycles. The van der Waals surface area contributed by atoms with Gasteiger partial charge in [-0.3, -0.25) is 0 Å². The van der Waals surface area contributed by atoms with Gasteiger partial charge >= 0.3 is 68.9 Å². The second-order valence-corrected chi connectivity index (χ2v) is 1.59. The van der Waals surface area contributed by atoms with Crippen molar-refractivity contribution in [1.82, 2.24) is 0 Å². The number of hydrogen-bond acceptors (Lipinski definition) is 4. The zero-order chi connectivity index (χ0) is 6.73. The standard InChI is InChI=1S/C4H9NO3.Cs/c1-2(6)3(5)4(7)8;/h2-3,6H,5H2,1H3,(H,7,8);/q;+1/p-1/t2-,3+;/m1./s1. The summed E-state index contributed by atoms with van der Waals surface area (Å²) in [4.78, 5) is 9.74. The number of carbonyl (C=O) groups is 1. The van der Waals surface area contributed by atoms with Crippen LogP contribution in [-0.4, -0.2) is 23.2 Å². The first kappa shape index (κ1) is 13.1. The van der Waals surface area contributed by atoms with Crippen LogP contribution >= 0.6 is 0 Å². The van der Waals surface area contributed by atoms with Crippen molar-refractivity contribution in [3.63, 3.8) is 0 Å². The first-order valence-electron chi connectivity index (χ1n) is 2.20. The average molecular weight is 251 g/mol. The molecule has 0 amide bonds. The zero-order valence-corrected chi connectivity index (χ0v) is 11.8. The van der Waals surface area contributed by atoms with Crippen LogP contribution in [-0.2, 0) is 4.79 Å². The van der Waals surface area contributed by atoms with Gasteiger partial charge in [-0.15, -0.1) is 0 Å². The van der Waals surface area contributed by atoms with E-state index < -0.39 is 18.1 Å². The van der Waals surface area contributed by atoms with E-state index in [2.05, 4.69) is 0 Å². The molecule has 0 radical (unpaired) electrons. The number of rotatable bonds is 2. The molecule has 0 unspecified atom stereocenters. The summed E-state index contributed by atoms with van der Waals surface area (Å²) >= 11 is 0. The van der Waals surface area contributed by atoms with Gasteiger partial charge in [0.15, 0.2) is 0 Å². The van der Waals surface area contributed by atoms with Crippen molar-refractivity contribution in [3.8, 4) is 0 Å². The van der Waals surface area contributed by atoms with Gasteiger partial charge in [0.25, 0.3) is 0 Å². The molecule has 48 valence electrons. The predicted molar refractivity (Wildman–Crippen MR) is 24.7 cm³/mol. The minimum Gasteiger partial charge on any atom is -0.548 e. The first-order chi connectivity index (χ1) is 3.55. The van der Waals surface area contributed by atoms with E-state index in [1.807, 2.05) is 0 Å². The Labute approximate surface area is 112 Å². The molecule has 4 nitrogen and oxygen atoms in total. The van der Waals surface area contributed by atoms with Crippen LogP contribution in [0.5, 0.6) is 0 Å². The summed E-state index contributed by atoms with van der Waals surface area (Å²) in [7, 11) is 0. The number of aliphatic hydroxyl groups is 1. The van der Waals surface area contributed by atoms with Crippen LogP contribution in [0.25, 0.3) is 0 Å². The van der Waals surface area contributed by atoms with E-state index in [1.165, 1.54) is 6.92 Å². The molecule has 0 saturated carbocycles. The molecule has 0 spiro atoms. The minimum absolute atomic E-state index is 0. The summed E-state index contributed by atoms with van der Waals surface area (Å²) in [6.07, 6.45) is -1.04. The fourth-order valence-electron chi connectivity index (χ4n) is 0.197. The smallest absolute Gasteiger partial charge is 0.548 e. The maximum atomic E-state index is 9.74. The van der Waals surface area contributed by atoms with E-state index in [4.69, 9.17) is 10.8 Å². The molecule has 0 fully saturated rings. The van der Waals surface area contributed by atoms with Crippen molar-refractivity contribution in [1.29, 1.82) is 0 Å². The third-order valence-electron chi connectivity index (χ3n) is 0.792. The topological polar surface area (TPSA) is 86.4 Å². The van der Waals surface area contributed by atoms with Gasteiger partial charge in [0, 0.05) is 0 Å². The van der Waals surface area contributed by atoms with Crippen LogP contribution in [0.1, 0.15) is 6.92 Å². The maximum absolute atomic E-state index is 9.74. The van der Waals surface area contributed by atoms with Gasteiger partial charge in [0.2, 0.25) is 0 Å². The number of nitrogens with two attached hydrogens (primary N) is 1. The summed E-state index contributed by atoms with van der Waals surface area (Å²) in [6.45, 7) is 1.29. The molecule has 0 saturated heterocycles. The Morgan fingerprint density at radius 1 is 1.78 bits per heavy atom. The van der Waals surface area contributed by atoms with Gasteiger partial charge in [-0.05, 0) is 6.92 Å².